The highest BCUT2D eigenvalue weighted by atomic mass is 79.9. The molecular weight excluding hydrogens is 380 g/mol. The van der Waals surface area contributed by atoms with Gasteiger partial charge in [0.1, 0.15) is 5.37 Å². The van der Waals surface area contributed by atoms with E-state index in [1.54, 1.807) is 23.9 Å². The number of benzene rings is 1. The fraction of sp³-hybridized carbons (Fsp3) is 0.500. The van der Waals surface area contributed by atoms with Gasteiger partial charge in [-0.3, -0.25) is 15.0 Å². The zero-order valence-corrected chi connectivity index (χ0v) is 14.6. The number of nitro benzene ring substituents is 1. The summed E-state index contributed by atoms with van der Waals surface area (Å²) >= 11 is 4.87. The Morgan fingerprint density at radius 1 is 1.52 bits per heavy atom. The van der Waals surface area contributed by atoms with Gasteiger partial charge in [0.05, 0.1) is 9.40 Å². The molecule has 1 aromatic rings. The Morgan fingerprint density at radius 3 is 2.86 bits per heavy atom. The predicted octanol–water partition coefficient (Wildman–Crippen LogP) is 2.28. The van der Waals surface area contributed by atoms with E-state index in [1.165, 1.54) is 12.3 Å². The molecule has 116 valence electrons. The van der Waals surface area contributed by atoms with Crippen molar-refractivity contribution in [3.8, 4) is 0 Å². The van der Waals surface area contributed by atoms with Gasteiger partial charge in [0.2, 0.25) is 0 Å². The van der Waals surface area contributed by atoms with Crippen LogP contribution < -0.4 is 0 Å². The number of hydrogen-bond donors (Lipinski definition) is 0. The van der Waals surface area contributed by atoms with Gasteiger partial charge >= 0.3 is 0 Å². The van der Waals surface area contributed by atoms with Crippen LogP contribution in [0.2, 0.25) is 0 Å². The first-order chi connectivity index (χ1) is 9.80. The molecule has 1 fully saturated rings. The van der Waals surface area contributed by atoms with Gasteiger partial charge in [-0.05, 0) is 21.5 Å². The van der Waals surface area contributed by atoms with Crippen LogP contribution in [0.1, 0.15) is 5.56 Å². The SMILES string of the molecule is CS(=O)(=O)C1CSCCN1Cc1cccc([N+](=O)[O-])c1Br. The van der Waals surface area contributed by atoms with Crippen LogP contribution in [0.15, 0.2) is 22.7 Å². The minimum absolute atomic E-state index is 0.00482. The van der Waals surface area contributed by atoms with Crippen LogP contribution in [-0.4, -0.2) is 47.9 Å². The standard InChI is InChI=1S/C12H15BrN2O4S2/c1-21(18,19)11-8-20-6-5-14(11)7-9-3-2-4-10(12(9)13)15(16)17/h2-4,11H,5-8H2,1H3. The number of nitrogens with zero attached hydrogens (tertiary/aromatic N) is 2. The van der Waals surface area contributed by atoms with Crippen LogP contribution in [0.5, 0.6) is 0 Å². The summed E-state index contributed by atoms with van der Waals surface area (Å²) < 4.78 is 24.2. The van der Waals surface area contributed by atoms with Crippen molar-refractivity contribution in [2.45, 2.75) is 11.9 Å². The molecule has 1 atom stereocenters. The minimum atomic E-state index is -3.18. The molecule has 0 amide bonds. The molecular formula is C12H15BrN2O4S2. The summed E-state index contributed by atoms with van der Waals surface area (Å²) in [5.74, 6) is 1.39. The number of sulfone groups is 1. The predicted molar refractivity (Wildman–Crippen MR) is 87.2 cm³/mol. The molecule has 9 heteroatoms. The Balaban J connectivity index is 2.28. The van der Waals surface area contributed by atoms with E-state index in [1.807, 2.05) is 4.90 Å². The number of halogens is 1. The number of rotatable bonds is 4. The van der Waals surface area contributed by atoms with Crippen LogP contribution in [0.4, 0.5) is 5.69 Å². The largest absolute Gasteiger partial charge is 0.283 e. The van der Waals surface area contributed by atoms with Gasteiger partial charge in [-0.2, -0.15) is 11.8 Å². The molecule has 21 heavy (non-hydrogen) atoms. The second-order valence-corrected chi connectivity index (χ2v) is 8.98. The number of hydrogen-bond acceptors (Lipinski definition) is 6. The molecule has 0 spiro atoms. The molecule has 0 aromatic heterocycles. The van der Waals surface area contributed by atoms with E-state index in [-0.39, 0.29) is 5.69 Å². The fourth-order valence-corrected chi connectivity index (χ4v) is 5.71. The Bertz CT molecular complexity index is 651. The minimum Gasteiger partial charge on any atom is -0.281 e. The van der Waals surface area contributed by atoms with Crippen molar-refractivity contribution >= 4 is 43.2 Å². The van der Waals surface area contributed by atoms with Crippen molar-refractivity contribution in [3.05, 3.63) is 38.3 Å². The first-order valence-electron chi connectivity index (χ1n) is 6.23. The zero-order chi connectivity index (χ0) is 15.6. The van der Waals surface area contributed by atoms with Crippen LogP contribution in [0, 0.1) is 10.1 Å². The van der Waals surface area contributed by atoms with E-state index in [9.17, 15) is 18.5 Å². The van der Waals surface area contributed by atoms with Gasteiger partial charge in [0, 0.05) is 36.9 Å². The normalized spacial score (nSPS) is 20.4. The van der Waals surface area contributed by atoms with E-state index in [0.29, 0.717) is 23.3 Å². The number of nitro groups is 1. The summed E-state index contributed by atoms with van der Waals surface area (Å²) in [4.78, 5) is 12.4. The third-order valence-corrected chi connectivity index (χ3v) is 6.92. The molecule has 1 saturated heterocycles. The van der Waals surface area contributed by atoms with Crippen molar-refractivity contribution < 1.29 is 13.3 Å². The molecule has 0 N–H and O–H groups in total. The summed E-state index contributed by atoms with van der Waals surface area (Å²) in [5, 5.41) is 10.4. The first-order valence-corrected chi connectivity index (χ1v) is 10.1. The Morgan fingerprint density at radius 2 is 2.24 bits per heavy atom. The lowest BCUT2D eigenvalue weighted by Crippen LogP contribution is -2.46. The molecule has 1 aromatic carbocycles. The molecule has 6 nitrogen and oxygen atoms in total. The molecule has 2 rings (SSSR count). The monoisotopic (exact) mass is 394 g/mol. The Labute approximate surface area is 136 Å². The van der Waals surface area contributed by atoms with Gasteiger partial charge < -0.3 is 0 Å². The summed E-state index contributed by atoms with van der Waals surface area (Å²) in [5.41, 5.74) is 0.722. The third-order valence-electron chi connectivity index (χ3n) is 3.31. The molecule has 0 aliphatic carbocycles. The highest BCUT2D eigenvalue weighted by molar-refractivity contribution is 9.10. The quantitative estimate of drug-likeness (QED) is 0.575. The van der Waals surface area contributed by atoms with Gasteiger partial charge in [-0.15, -0.1) is 0 Å². The van der Waals surface area contributed by atoms with Crippen molar-refractivity contribution in [2.24, 2.45) is 0 Å². The fourth-order valence-electron chi connectivity index (χ4n) is 2.24. The Hall–Kier alpha value is -0.640. The highest BCUT2D eigenvalue weighted by Gasteiger charge is 2.31. The van der Waals surface area contributed by atoms with Crippen LogP contribution >= 0.6 is 27.7 Å². The molecule has 1 heterocycles. The maximum Gasteiger partial charge on any atom is 0.283 e. The summed E-state index contributed by atoms with van der Waals surface area (Å²) in [6.45, 7) is 1.03. The molecule has 0 saturated carbocycles. The van der Waals surface area contributed by atoms with E-state index < -0.39 is 20.1 Å². The Kier molecular flexibility index (Phi) is 5.29. The average Bonchev–Trinajstić information content (AvgIpc) is 2.40. The van der Waals surface area contributed by atoms with Gasteiger partial charge in [0.25, 0.3) is 5.69 Å². The molecule has 1 aliphatic rings. The lowest BCUT2D eigenvalue weighted by atomic mass is 10.2. The van der Waals surface area contributed by atoms with Gasteiger partial charge in [-0.1, -0.05) is 12.1 Å². The summed E-state index contributed by atoms with van der Waals surface area (Å²) in [6.07, 6.45) is 1.24. The first kappa shape index (κ1) is 16.7. The second-order valence-electron chi connectivity index (χ2n) is 4.84. The van der Waals surface area contributed by atoms with Crippen LogP contribution in [0.25, 0.3) is 0 Å². The van der Waals surface area contributed by atoms with Gasteiger partial charge in [0.15, 0.2) is 9.84 Å². The molecule has 1 aliphatic heterocycles. The maximum atomic E-state index is 11.9. The van der Waals surface area contributed by atoms with E-state index in [2.05, 4.69) is 15.9 Å². The molecule has 0 bridgehead atoms. The maximum absolute atomic E-state index is 11.9. The molecule has 1 unspecified atom stereocenters. The van der Waals surface area contributed by atoms with E-state index in [4.69, 9.17) is 0 Å². The lowest BCUT2D eigenvalue weighted by molar-refractivity contribution is -0.385. The molecule has 0 radical (unpaired) electrons. The zero-order valence-electron chi connectivity index (χ0n) is 11.4. The topological polar surface area (TPSA) is 80.5 Å². The van der Waals surface area contributed by atoms with Crippen molar-refractivity contribution in [1.29, 1.82) is 0 Å². The van der Waals surface area contributed by atoms with Crippen LogP contribution in [0.3, 0.4) is 0 Å². The smallest absolute Gasteiger partial charge is 0.281 e. The number of thioether (sulfide) groups is 1. The third kappa shape index (κ3) is 3.97. The second kappa shape index (κ2) is 6.64. The van der Waals surface area contributed by atoms with Crippen molar-refractivity contribution in [3.63, 3.8) is 0 Å². The highest BCUT2D eigenvalue weighted by Crippen LogP contribution is 2.31. The van der Waals surface area contributed by atoms with Crippen molar-refractivity contribution in [1.82, 2.24) is 4.90 Å². The van der Waals surface area contributed by atoms with Gasteiger partial charge in [-0.25, -0.2) is 8.42 Å². The summed E-state index contributed by atoms with van der Waals surface area (Å²) in [6, 6.07) is 4.82. The lowest BCUT2D eigenvalue weighted by Gasteiger charge is -2.34. The average molecular weight is 395 g/mol. The summed E-state index contributed by atoms with van der Waals surface area (Å²) in [7, 11) is -3.18. The van der Waals surface area contributed by atoms with Crippen molar-refractivity contribution in [2.75, 3.05) is 24.3 Å². The van der Waals surface area contributed by atoms with E-state index >= 15 is 0 Å². The van der Waals surface area contributed by atoms with E-state index in [0.717, 1.165) is 11.3 Å². The van der Waals surface area contributed by atoms with Crippen LogP contribution in [-0.2, 0) is 16.4 Å².